The number of benzene rings is 1. The van der Waals surface area contributed by atoms with Gasteiger partial charge in [0.1, 0.15) is 5.75 Å². The number of nitrogens with two attached hydrogens (primary N) is 1. The van der Waals surface area contributed by atoms with Crippen molar-refractivity contribution in [2.24, 2.45) is 29.4 Å². The molecule has 2 unspecified atom stereocenters. The number of likely N-dealkylation sites (N-methyl/N-ethyl adjacent to an activating group) is 1. The quantitative estimate of drug-likeness (QED) is 0.326. The molecule has 1 aromatic rings. The maximum atomic E-state index is 14.1. The predicted octanol–water partition coefficient (Wildman–Crippen LogP) is 0.0182. The molecule has 2 saturated carbocycles. The molecule has 0 aromatic heterocycles. The first-order valence-electron chi connectivity index (χ1n) is 13.9. The van der Waals surface area contributed by atoms with E-state index in [1.54, 1.807) is 19.1 Å². The molecule has 224 valence electrons. The number of Topliss-reactive ketones (excluding diaryl/α,β-unsaturated/α-hetero) is 4. The molecule has 3 aliphatic carbocycles. The number of phenolic OH excluding ortho intramolecular Hbond substituents is 1. The van der Waals surface area contributed by atoms with Crippen molar-refractivity contribution >= 4 is 29.0 Å². The van der Waals surface area contributed by atoms with Gasteiger partial charge in [-0.3, -0.25) is 28.9 Å². The Kier molecular flexibility index (Phi) is 7.83. The summed E-state index contributed by atoms with van der Waals surface area (Å²) in [6.07, 6.45) is -0.109. The number of aliphatic hydroxyl groups is 2. The van der Waals surface area contributed by atoms with E-state index < -0.39 is 81.8 Å². The molecule has 0 spiro atoms. The summed E-state index contributed by atoms with van der Waals surface area (Å²) in [6.45, 7) is 6.44. The summed E-state index contributed by atoms with van der Waals surface area (Å²) in [6, 6.07) is 2.09. The first-order valence-corrected chi connectivity index (χ1v) is 13.9. The van der Waals surface area contributed by atoms with Crippen LogP contribution in [0.25, 0.3) is 0 Å². The molecule has 0 aliphatic heterocycles. The number of phenols is 1. The van der Waals surface area contributed by atoms with Gasteiger partial charge in [0, 0.05) is 11.5 Å². The summed E-state index contributed by atoms with van der Waals surface area (Å²) in [5, 5.41) is 34.9. The largest absolute Gasteiger partial charge is 0.507 e. The molecule has 41 heavy (non-hydrogen) atoms. The molecule has 4 rings (SSSR count). The zero-order valence-electron chi connectivity index (χ0n) is 24.7. The number of hydrogen-bond donors (Lipinski definition) is 4. The van der Waals surface area contributed by atoms with Gasteiger partial charge in [-0.05, 0) is 64.5 Å². The van der Waals surface area contributed by atoms with Gasteiger partial charge in [-0.15, -0.1) is 0 Å². The Morgan fingerprint density at radius 1 is 1.07 bits per heavy atom. The lowest BCUT2D eigenvalue weighted by molar-refractivity contribution is -0.196. The molecule has 0 bridgehead atoms. The summed E-state index contributed by atoms with van der Waals surface area (Å²) >= 11 is 0. The molecule has 0 heterocycles. The normalized spacial score (nSPS) is 33.6. The van der Waals surface area contributed by atoms with Crippen LogP contribution in [0.4, 0.5) is 0 Å². The number of rotatable bonds is 7. The maximum Gasteiger partial charge on any atom is 0.235 e. The van der Waals surface area contributed by atoms with Gasteiger partial charge in [0.2, 0.25) is 5.91 Å². The van der Waals surface area contributed by atoms with Gasteiger partial charge in [0.15, 0.2) is 34.7 Å². The minimum atomic E-state index is -3.01. The minimum Gasteiger partial charge on any atom is -0.507 e. The topological polar surface area (TPSA) is 179 Å². The first kappa shape index (κ1) is 31.0. The zero-order chi connectivity index (χ0) is 30.9. The molecule has 8 atom stereocenters. The van der Waals surface area contributed by atoms with E-state index in [1.165, 1.54) is 19.0 Å². The van der Waals surface area contributed by atoms with E-state index in [4.69, 9.17) is 5.73 Å². The Hall–Kier alpha value is -2.99. The van der Waals surface area contributed by atoms with Crippen molar-refractivity contribution in [3.05, 3.63) is 28.8 Å². The second kappa shape index (κ2) is 10.4. The lowest BCUT2D eigenvalue weighted by atomic mass is 9.49. The average Bonchev–Trinajstić information content (AvgIpc) is 2.85. The summed E-state index contributed by atoms with van der Waals surface area (Å²) < 4.78 is 0. The minimum absolute atomic E-state index is 0.0746. The number of amides is 1. The molecule has 5 N–H and O–H groups in total. The molecule has 0 radical (unpaired) electrons. The second-order valence-electron chi connectivity index (χ2n) is 13.1. The van der Waals surface area contributed by atoms with E-state index in [-0.39, 0.29) is 11.3 Å². The summed E-state index contributed by atoms with van der Waals surface area (Å²) in [7, 11) is 6.86. The van der Waals surface area contributed by atoms with Gasteiger partial charge in [0.05, 0.1) is 29.5 Å². The SMILES string of the molecule is C[C@H]1c2ccc(C(C)(C)CCCN(C)C)c(O)c2C(=O)C2C(=O)[C@]3(O)C(=O)C(C(N)=O)C(=O)[C@@H](N(C)C)[C@@H]3[C@@H](O)[C@@H]21. The maximum absolute atomic E-state index is 14.1. The van der Waals surface area contributed by atoms with Crippen LogP contribution in [0, 0.1) is 23.7 Å². The number of ketones is 4. The Morgan fingerprint density at radius 3 is 2.22 bits per heavy atom. The van der Waals surface area contributed by atoms with Crippen molar-refractivity contribution in [2.75, 3.05) is 34.7 Å². The van der Waals surface area contributed by atoms with Gasteiger partial charge in [-0.25, -0.2) is 0 Å². The fourth-order valence-electron chi connectivity index (χ4n) is 7.51. The van der Waals surface area contributed by atoms with Gasteiger partial charge < -0.3 is 26.0 Å². The standard InChI is InChI=1S/C30H41N3O8/c1-13-14-9-10-15(29(2,3)11-8-12-32(4)5)22(34)17(14)23(35)18-16(13)24(36)20-21(33(6)7)25(37)19(28(31)40)27(39)30(20,41)26(18)38/h9-10,13,16,18-21,24,34,36,41H,8,11-12H2,1-7H3,(H2,31,40)/t13-,16+,18?,19?,20+,21-,24-,30-/m0/s1. The van der Waals surface area contributed by atoms with Crippen LogP contribution < -0.4 is 5.73 Å². The Balaban J connectivity index is 1.86. The Morgan fingerprint density at radius 2 is 1.68 bits per heavy atom. The number of aliphatic hydroxyl groups excluding tert-OH is 1. The van der Waals surface area contributed by atoms with E-state index >= 15 is 0 Å². The number of hydrogen-bond acceptors (Lipinski definition) is 10. The van der Waals surface area contributed by atoms with Crippen LogP contribution in [0.1, 0.15) is 61.0 Å². The zero-order valence-corrected chi connectivity index (χ0v) is 24.7. The number of fused-ring (bicyclic) bond motifs is 3. The highest BCUT2D eigenvalue weighted by molar-refractivity contribution is 6.32. The van der Waals surface area contributed by atoms with Crippen molar-refractivity contribution in [1.29, 1.82) is 0 Å². The fraction of sp³-hybridized carbons (Fsp3) is 0.633. The smallest absolute Gasteiger partial charge is 0.235 e. The molecular formula is C30H41N3O8. The van der Waals surface area contributed by atoms with E-state index in [0.717, 1.165) is 13.0 Å². The molecule has 1 amide bonds. The van der Waals surface area contributed by atoms with Gasteiger partial charge in [-0.2, -0.15) is 0 Å². The number of primary amides is 1. The van der Waals surface area contributed by atoms with Crippen molar-refractivity contribution in [2.45, 2.75) is 62.7 Å². The van der Waals surface area contributed by atoms with E-state index in [9.17, 15) is 39.3 Å². The van der Waals surface area contributed by atoms with Crippen LogP contribution in [0.15, 0.2) is 12.1 Å². The third kappa shape index (κ3) is 4.45. The average molecular weight is 572 g/mol. The van der Waals surface area contributed by atoms with E-state index in [0.29, 0.717) is 17.5 Å². The van der Waals surface area contributed by atoms with Gasteiger partial charge in [0.25, 0.3) is 0 Å². The van der Waals surface area contributed by atoms with Crippen LogP contribution in [-0.2, 0) is 24.6 Å². The number of carbonyl (C=O) groups is 5. The lowest BCUT2D eigenvalue weighted by Gasteiger charge is -2.56. The van der Waals surface area contributed by atoms with Crippen LogP contribution in [0.2, 0.25) is 0 Å². The number of carbonyl (C=O) groups excluding carboxylic acids is 5. The number of aromatic hydroxyl groups is 1. The monoisotopic (exact) mass is 571 g/mol. The molecule has 2 fully saturated rings. The highest BCUT2D eigenvalue weighted by atomic mass is 16.3. The molecule has 11 nitrogen and oxygen atoms in total. The molecule has 0 saturated heterocycles. The van der Waals surface area contributed by atoms with E-state index in [2.05, 4.69) is 4.90 Å². The van der Waals surface area contributed by atoms with Crippen molar-refractivity contribution in [1.82, 2.24) is 9.80 Å². The van der Waals surface area contributed by atoms with Crippen LogP contribution in [-0.4, -0.2) is 107 Å². The predicted molar refractivity (Wildman–Crippen MR) is 148 cm³/mol. The second-order valence-corrected chi connectivity index (χ2v) is 13.1. The molecule has 1 aromatic carbocycles. The van der Waals surface area contributed by atoms with Crippen molar-refractivity contribution in [3.63, 3.8) is 0 Å². The number of nitrogens with zero attached hydrogens (tertiary/aromatic N) is 2. The highest BCUT2D eigenvalue weighted by Crippen LogP contribution is 2.55. The fourth-order valence-corrected chi connectivity index (χ4v) is 7.51. The van der Waals surface area contributed by atoms with Crippen molar-refractivity contribution in [3.8, 4) is 5.75 Å². The molecule has 11 heteroatoms. The third-order valence-corrected chi connectivity index (χ3v) is 9.63. The Bertz CT molecular complexity index is 1320. The van der Waals surface area contributed by atoms with Gasteiger partial charge in [-0.1, -0.05) is 32.9 Å². The lowest BCUT2D eigenvalue weighted by Crippen LogP contribution is -2.77. The molecular weight excluding hydrogens is 530 g/mol. The third-order valence-electron chi connectivity index (χ3n) is 9.63. The van der Waals surface area contributed by atoms with Crippen LogP contribution in [0.3, 0.4) is 0 Å². The van der Waals surface area contributed by atoms with Gasteiger partial charge >= 0.3 is 0 Å². The van der Waals surface area contributed by atoms with E-state index in [1.807, 2.05) is 27.9 Å². The van der Waals surface area contributed by atoms with Crippen LogP contribution >= 0.6 is 0 Å². The summed E-state index contributed by atoms with van der Waals surface area (Å²) in [5.74, 6) is -13.1. The summed E-state index contributed by atoms with van der Waals surface area (Å²) in [5.41, 5.74) is 2.71. The Labute approximate surface area is 239 Å². The first-order chi connectivity index (χ1) is 18.9. The summed E-state index contributed by atoms with van der Waals surface area (Å²) in [4.78, 5) is 70.5. The van der Waals surface area contributed by atoms with Crippen LogP contribution in [0.5, 0.6) is 5.75 Å². The molecule has 3 aliphatic rings. The van der Waals surface area contributed by atoms with Crippen molar-refractivity contribution < 1.29 is 39.3 Å². The highest BCUT2D eigenvalue weighted by Gasteiger charge is 2.72.